The summed E-state index contributed by atoms with van der Waals surface area (Å²) < 4.78 is 4.09. The van der Waals surface area contributed by atoms with Crippen LogP contribution in [0.4, 0.5) is 5.00 Å². The van der Waals surface area contributed by atoms with Crippen molar-refractivity contribution in [3.63, 3.8) is 0 Å². The maximum Gasteiger partial charge on any atom is 0.162 e. The van der Waals surface area contributed by atoms with Crippen LogP contribution in [0.5, 0.6) is 0 Å². The highest BCUT2D eigenvalue weighted by Crippen LogP contribution is 2.39. The molecule has 1 aliphatic rings. The molecule has 98 valence electrons. The van der Waals surface area contributed by atoms with E-state index in [0.29, 0.717) is 10.7 Å². The molecular formula is C12H12ClN5S. The summed E-state index contributed by atoms with van der Waals surface area (Å²) in [6.07, 6.45) is 6.88. The average molecular weight is 294 g/mol. The Morgan fingerprint density at radius 2 is 2.42 bits per heavy atom. The van der Waals surface area contributed by atoms with Crippen LogP contribution in [-0.4, -0.2) is 20.9 Å². The van der Waals surface area contributed by atoms with Crippen molar-refractivity contribution >= 4 is 28.1 Å². The van der Waals surface area contributed by atoms with Crippen LogP contribution in [0.25, 0.3) is 0 Å². The van der Waals surface area contributed by atoms with E-state index in [1.807, 2.05) is 6.20 Å². The Kier molecular flexibility index (Phi) is 3.40. The molecule has 2 aromatic rings. The third kappa shape index (κ3) is 2.20. The second-order valence-corrected chi connectivity index (χ2v) is 5.55. The van der Waals surface area contributed by atoms with Gasteiger partial charge < -0.3 is 9.88 Å². The molecule has 1 unspecified atom stereocenters. The summed E-state index contributed by atoms with van der Waals surface area (Å²) in [5.41, 5.74) is 0.477. The minimum absolute atomic E-state index is 0.173. The van der Waals surface area contributed by atoms with E-state index in [-0.39, 0.29) is 6.04 Å². The Labute approximate surface area is 120 Å². The topological polar surface area (TPSA) is 68.6 Å². The zero-order chi connectivity index (χ0) is 13.2. The molecule has 0 amide bonds. The van der Waals surface area contributed by atoms with Gasteiger partial charge in [0.15, 0.2) is 5.15 Å². The van der Waals surface area contributed by atoms with Gasteiger partial charge in [-0.1, -0.05) is 11.6 Å². The molecule has 1 fully saturated rings. The summed E-state index contributed by atoms with van der Waals surface area (Å²) in [6, 6.07) is 2.32. The molecule has 1 atom stereocenters. The molecule has 1 aliphatic heterocycles. The zero-order valence-corrected chi connectivity index (χ0v) is 11.7. The van der Waals surface area contributed by atoms with Crippen molar-refractivity contribution in [2.45, 2.75) is 25.3 Å². The van der Waals surface area contributed by atoms with Gasteiger partial charge >= 0.3 is 0 Å². The van der Waals surface area contributed by atoms with Gasteiger partial charge in [-0.3, -0.25) is 0 Å². The van der Waals surface area contributed by atoms with Crippen LogP contribution >= 0.6 is 23.1 Å². The number of anilines is 1. The highest BCUT2D eigenvalue weighted by atomic mass is 35.5. The highest BCUT2D eigenvalue weighted by Gasteiger charge is 2.29. The predicted molar refractivity (Wildman–Crippen MR) is 74.4 cm³/mol. The molecule has 1 N–H and O–H groups in total. The van der Waals surface area contributed by atoms with Crippen molar-refractivity contribution in [3.05, 3.63) is 28.9 Å². The molecule has 0 aromatic carbocycles. The SMILES string of the molecule is N#Cc1c(Cl)nsc1N1CCCCC1c1ncc[nH]1. The van der Waals surface area contributed by atoms with Gasteiger partial charge in [-0.15, -0.1) is 0 Å². The molecule has 19 heavy (non-hydrogen) atoms. The van der Waals surface area contributed by atoms with Crippen LogP contribution in [-0.2, 0) is 0 Å². The van der Waals surface area contributed by atoms with Crippen molar-refractivity contribution in [2.75, 3.05) is 11.4 Å². The minimum atomic E-state index is 0.173. The maximum atomic E-state index is 9.22. The average Bonchev–Trinajstić information content (AvgIpc) is 3.07. The van der Waals surface area contributed by atoms with Gasteiger partial charge in [0.1, 0.15) is 22.5 Å². The van der Waals surface area contributed by atoms with Crippen molar-refractivity contribution in [1.29, 1.82) is 5.26 Å². The number of nitrogens with zero attached hydrogens (tertiary/aromatic N) is 4. The number of nitrogens with one attached hydrogen (secondary N) is 1. The van der Waals surface area contributed by atoms with Gasteiger partial charge in [0, 0.05) is 18.9 Å². The summed E-state index contributed by atoms with van der Waals surface area (Å²) in [5, 5.41) is 10.4. The Morgan fingerprint density at radius 1 is 1.53 bits per heavy atom. The van der Waals surface area contributed by atoms with Crippen molar-refractivity contribution in [2.24, 2.45) is 0 Å². The number of aromatic nitrogens is 3. The number of nitriles is 1. The van der Waals surface area contributed by atoms with E-state index in [2.05, 4.69) is 25.3 Å². The molecule has 7 heteroatoms. The van der Waals surface area contributed by atoms with Gasteiger partial charge in [0.2, 0.25) is 0 Å². The first-order valence-corrected chi connectivity index (χ1v) is 7.27. The van der Waals surface area contributed by atoms with E-state index >= 15 is 0 Å². The van der Waals surface area contributed by atoms with Crippen LogP contribution in [0.1, 0.15) is 36.7 Å². The zero-order valence-electron chi connectivity index (χ0n) is 10.1. The molecule has 3 rings (SSSR count). The fourth-order valence-electron chi connectivity index (χ4n) is 2.47. The summed E-state index contributed by atoms with van der Waals surface area (Å²) >= 11 is 7.25. The lowest BCUT2D eigenvalue weighted by atomic mass is 10.0. The molecule has 0 radical (unpaired) electrons. The van der Waals surface area contributed by atoms with Crippen LogP contribution in [0.15, 0.2) is 12.4 Å². The van der Waals surface area contributed by atoms with Crippen LogP contribution < -0.4 is 4.90 Å². The molecule has 0 saturated carbocycles. The third-order valence-corrected chi connectivity index (χ3v) is 4.60. The number of imidazole rings is 1. The van der Waals surface area contributed by atoms with Crippen molar-refractivity contribution in [1.82, 2.24) is 14.3 Å². The van der Waals surface area contributed by atoms with Gasteiger partial charge in [-0.25, -0.2) is 4.98 Å². The Hall–Kier alpha value is -1.58. The molecule has 5 nitrogen and oxygen atoms in total. The van der Waals surface area contributed by atoms with E-state index in [9.17, 15) is 5.26 Å². The quantitative estimate of drug-likeness (QED) is 0.923. The first-order valence-electron chi connectivity index (χ1n) is 6.12. The Balaban J connectivity index is 1.99. The largest absolute Gasteiger partial charge is 0.351 e. The molecule has 2 aromatic heterocycles. The van der Waals surface area contributed by atoms with E-state index < -0.39 is 0 Å². The third-order valence-electron chi connectivity index (χ3n) is 3.34. The summed E-state index contributed by atoms with van der Waals surface area (Å²) in [4.78, 5) is 9.71. The number of hydrogen-bond acceptors (Lipinski definition) is 5. The Morgan fingerprint density at radius 3 is 3.16 bits per heavy atom. The number of aromatic amines is 1. The van der Waals surface area contributed by atoms with Crippen LogP contribution in [0, 0.1) is 11.3 Å². The molecule has 0 aliphatic carbocycles. The smallest absolute Gasteiger partial charge is 0.162 e. The first-order chi connectivity index (χ1) is 9.31. The lowest BCUT2D eigenvalue weighted by Crippen LogP contribution is -2.33. The standard InChI is InChI=1S/C12H12ClN5S/c13-10-8(7-14)12(19-17-10)18-6-2-1-3-9(18)11-15-4-5-16-11/h4-5,9H,1-3,6H2,(H,15,16). The monoisotopic (exact) mass is 293 g/mol. The lowest BCUT2D eigenvalue weighted by Gasteiger charge is -2.35. The van der Waals surface area contributed by atoms with Gasteiger partial charge in [0.25, 0.3) is 0 Å². The number of hydrogen-bond donors (Lipinski definition) is 1. The van der Waals surface area contributed by atoms with Crippen molar-refractivity contribution in [3.8, 4) is 6.07 Å². The molecule has 0 spiro atoms. The molecule has 3 heterocycles. The van der Waals surface area contributed by atoms with Gasteiger partial charge in [-0.05, 0) is 30.8 Å². The summed E-state index contributed by atoms with van der Waals surface area (Å²) in [5.74, 6) is 0.938. The summed E-state index contributed by atoms with van der Waals surface area (Å²) in [7, 11) is 0. The normalized spacial score (nSPS) is 19.4. The van der Waals surface area contributed by atoms with Gasteiger partial charge in [0.05, 0.1) is 6.04 Å². The summed E-state index contributed by atoms with van der Waals surface area (Å²) in [6.45, 7) is 0.901. The number of halogens is 1. The highest BCUT2D eigenvalue weighted by molar-refractivity contribution is 7.10. The van der Waals surface area contributed by atoms with E-state index in [0.717, 1.165) is 36.6 Å². The molecule has 1 saturated heterocycles. The second kappa shape index (κ2) is 5.19. The number of H-pyrrole nitrogens is 1. The lowest BCUT2D eigenvalue weighted by molar-refractivity contribution is 0.461. The predicted octanol–water partition coefficient (Wildman–Crippen LogP) is 3.12. The number of rotatable bonds is 2. The van der Waals surface area contributed by atoms with E-state index in [1.165, 1.54) is 11.5 Å². The van der Waals surface area contributed by atoms with Crippen LogP contribution in [0.3, 0.4) is 0 Å². The number of piperidine rings is 1. The van der Waals surface area contributed by atoms with Crippen molar-refractivity contribution < 1.29 is 0 Å². The first kappa shape index (κ1) is 12.5. The Bertz CT molecular complexity index is 600. The van der Waals surface area contributed by atoms with Gasteiger partial charge in [-0.2, -0.15) is 9.64 Å². The fraction of sp³-hybridized carbons (Fsp3) is 0.417. The molecular weight excluding hydrogens is 282 g/mol. The van der Waals surface area contributed by atoms with E-state index in [4.69, 9.17) is 11.6 Å². The van der Waals surface area contributed by atoms with E-state index in [1.54, 1.807) is 6.20 Å². The molecule has 0 bridgehead atoms. The minimum Gasteiger partial charge on any atom is -0.351 e. The fourth-order valence-corrected chi connectivity index (χ4v) is 3.58. The second-order valence-electron chi connectivity index (χ2n) is 4.44. The maximum absolute atomic E-state index is 9.22. The van der Waals surface area contributed by atoms with Crippen LogP contribution in [0.2, 0.25) is 5.15 Å².